The molecule has 1 aliphatic carbocycles. The minimum Gasteiger partial charge on any atom is -0.481 e. The van der Waals surface area contributed by atoms with Crippen LogP contribution in [0.3, 0.4) is 0 Å². The number of amides is 1. The highest BCUT2D eigenvalue weighted by Gasteiger charge is 2.31. The van der Waals surface area contributed by atoms with Crippen LogP contribution in [0.5, 0.6) is 0 Å². The number of non-ortho nitro benzene ring substituents is 1. The van der Waals surface area contributed by atoms with Crippen LogP contribution < -0.4 is 5.32 Å². The minimum absolute atomic E-state index is 0.0343. The molecule has 3 N–H and O–H groups in total. The first-order valence-corrected chi connectivity index (χ1v) is 8.13. The number of carboxylic acid groups (broad SMARTS) is 1. The molecule has 1 amide bonds. The summed E-state index contributed by atoms with van der Waals surface area (Å²) < 4.78 is 0. The number of aromatic nitrogens is 2. The number of fused-ring (bicyclic) bond motifs is 1. The Hall–Kier alpha value is -2.97. The Morgan fingerprint density at radius 2 is 2.04 bits per heavy atom. The summed E-state index contributed by atoms with van der Waals surface area (Å²) >= 11 is 0. The number of benzene rings is 1. The van der Waals surface area contributed by atoms with E-state index in [0.717, 1.165) is 19.3 Å². The number of nitrogens with one attached hydrogen (secondary N) is 2. The van der Waals surface area contributed by atoms with Gasteiger partial charge in [-0.2, -0.15) is 5.10 Å². The van der Waals surface area contributed by atoms with Crippen LogP contribution in [0.4, 0.5) is 5.69 Å². The third kappa shape index (κ3) is 3.44. The van der Waals surface area contributed by atoms with Gasteiger partial charge in [0.1, 0.15) is 0 Å². The van der Waals surface area contributed by atoms with E-state index in [1.54, 1.807) is 0 Å². The summed E-state index contributed by atoms with van der Waals surface area (Å²) in [6, 6.07) is 3.63. The zero-order valence-electron chi connectivity index (χ0n) is 13.4. The van der Waals surface area contributed by atoms with Crippen LogP contribution in [0, 0.1) is 16.0 Å². The van der Waals surface area contributed by atoms with Gasteiger partial charge in [0.15, 0.2) is 5.69 Å². The summed E-state index contributed by atoms with van der Waals surface area (Å²) in [7, 11) is 0. The number of hydrogen-bond donors (Lipinski definition) is 3. The van der Waals surface area contributed by atoms with Crippen molar-refractivity contribution in [3.8, 4) is 0 Å². The van der Waals surface area contributed by atoms with E-state index in [1.165, 1.54) is 18.2 Å². The SMILES string of the molecule is O=C(N[C@H]1CCCCC[C@H]1C(=O)O)c1n[nH]c2ccc([N+](=O)[O-])cc12. The average Bonchev–Trinajstić information content (AvgIpc) is 2.86. The van der Waals surface area contributed by atoms with Crippen molar-refractivity contribution in [3.05, 3.63) is 34.0 Å². The Bertz CT molecular complexity index is 831. The second kappa shape index (κ2) is 6.88. The summed E-state index contributed by atoms with van der Waals surface area (Å²) in [4.78, 5) is 34.5. The van der Waals surface area contributed by atoms with Crippen molar-refractivity contribution >= 4 is 28.5 Å². The molecule has 0 radical (unpaired) electrons. The predicted octanol–water partition coefficient (Wildman–Crippen LogP) is 2.23. The molecule has 0 spiro atoms. The van der Waals surface area contributed by atoms with Crippen LogP contribution in [0.2, 0.25) is 0 Å². The third-order valence-corrected chi connectivity index (χ3v) is 4.62. The fourth-order valence-electron chi connectivity index (χ4n) is 3.30. The van der Waals surface area contributed by atoms with Gasteiger partial charge in [0.25, 0.3) is 11.6 Å². The highest BCUT2D eigenvalue weighted by molar-refractivity contribution is 6.05. The molecular weight excluding hydrogens is 328 g/mol. The molecule has 9 heteroatoms. The molecule has 0 saturated heterocycles. The summed E-state index contributed by atoms with van der Waals surface area (Å²) in [6.45, 7) is 0. The lowest BCUT2D eigenvalue weighted by atomic mass is 9.94. The van der Waals surface area contributed by atoms with E-state index in [1.807, 2.05) is 0 Å². The number of carbonyl (C=O) groups excluding carboxylic acids is 1. The number of aliphatic carboxylic acids is 1. The number of nitrogens with zero attached hydrogens (tertiary/aromatic N) is 2. The quantitative estimate of drug-likeness (QED) is 0.441. The number of carbonyl (C=O) groups is 2. The molecule has 0 unspecified atom stereocenters. The van der Waals surface area contributed by atoms with E-state index in [0.29, 0.717) is 23.7 Å². The minimum atomic E-state index is -0.922. The molecule has 132 valence electrons. The lowest BCUT2D eigenvalue weighted by molar-refractivity contribution is -0.384. The Morgan fingerprint density at radius 1 is 1.28 bits per heavy atom. The smallest absolute Gasteiger partial charge is 0.308 e. The number of carboxylic acids is 1. The standard InChI is InChI=1S/C16H18N4O5/c21-15(17-12-5-3-1-2-4-10(12)16(22)23)14-11-8-9(20(24)25)6-7-13(11)18-19-14/h6-8,10,12H,1-5H2,(H,17,21)(H,18,19)(H,22,23)/t10-,12+/m1/s1. The molecule has 1 fully saturated rings. The van der Waals surface area contributed by atoms with Crippen molar-refractivity contribution in [1.82, 2.24) is 15.5 Å². The van der Waals surface area contributed by atoms with E-state index in [2.05, 4.69) is 15.5 Å². The van der Waals surface area contributed by atoms with Gasteiger partial charge in [-0.05, 0) is 18.9 Å². The molecule has 2 atom stereocenters. The van der Waals surface area contributed by atoms with Crippen LogP contribution in [-0.4, -0.2) is 38.1 Å². The first kappa shape index (κ1) is 16.9. The van der Waals surface area contributed by atoms with Gasteiger partial charge in [-0.3, -0.25) is 24.8 Å². The first-order valence-electron chi connectivity index (χ1n) is 8.13. The van der Waals surface area contributed by atoms with Gasteiger partial charge in [-0.25, -0.2) is 0 Å². The number of nitro benzene ring substituents is 1. The molecule has 1 aliphatic rings. The molecule has 3 rings (SSSR count). The van der Waals surface area contributed by atoms with Crippen LogP contribution in [0.25, 0.3) is 10.9 Å². The number of aromatic amines is 1. The monoisotopic (exact) mass is 346 g/mol. The van der Waals surface area contributed by atoms with E-state index in [-0.39, 0.29) is 11.4 Å². The fourth-order valence-corrected chi connectivity index (χ4v) is 3.30. The second-order valence-electron chi connectivity index (χ2n) is 6.22. The zero-order valence-corrected chi connectivity index (χ0v) is 13.4. The highest BCUT2D eigenvalue weighted by Crippen LogP contribution is 2.26. The maximum absolute atomic E-state index is 12.6. The van der Waals surface area contributed by atoms with Gasteiger partial charge in [0.05, 0.1) is 16.4 Å². The Morgan fingerprint density at radius 3 is 2.76 bits per heavy atom. The summed E-state index contributed by atoms with van der Waals surface area (Å²) in [5.41, 5.74) is 0.402. The number of hydrogen-bond acceptors (Lipinski definition) is 5. The van der Waals surface area contributed by atoms with Gasteiger partial charge in [0.2, 0.25) is 0 Å². The molecule has 25 heavy (non-hydrogen) atoms. The largest absolute Gasteiger partial charge is 0.481 e. The topological polar surface area (TPSA) is 138 Å². The summed E-state index contributed by atoms with van der Waals surface area (Å²) in [6.07, 6.45) is 3.72. The van der Waals surface area contributed by atoms with Crippen molar-refractivity contribution in [3.63, 3.8) is 0 Å². The normalized spacial score (nSPS) is 20.8. The molecule has 2 aromatic rings. The molecule has 0 bridgehead atoms. The molecule has 1 aromatic carbocycles. The molecular formula is C16H18N4O5. The zero-order chi connectivity index (χ0) is 18.0. The Kier molecular flexibility index (Phi) is 4.64. The number of H-pyrrole nitrogens is 1. The number of nitro groups is 1. The van der Waals surface area contributed by atoms with Gasteiger partial charge in [-0.15, -0.1) is 0 Å². The maximum Gasteiger partial charge on any atom is 0.308 e. The molecule has 0 aliphatic heterocycles. The predicted molar refractivity (Wildman–Crippen MR) is 88.2 cm³/mol. The van der Waals surface area contributed by atoms with E-state index in [9.17, 15) is 24.8 Å². The Labute approximate surface area is 142 Å². The lowest BCUT2D eigenvalue weighted by Crippen LogP contribution is -2.43. The third-order valence-electron chi connectivity index (χ3n) is 4.62. The van der Waals surface area contributed by atoms with Crippen LogP contribution in [0.15, 0.2) is 18.2 Å². The maximum atomic E-state index is 12.6. The Balaban J connectivity index is 1.87. The molecule has 1 heterocycles. The van der Waals surface area contributed by atoms with E-state index >= 15 is 0 Å². The van der Waals surface area contributed by atoms with E-state index < -0.39 is 28.8 Å². The average molecular weight is 346 g/mol. The highest BCUT2D eigenvalue weighted by atomic mass is 16.6. The summed E-state index contributed by atoms with van der Waals surface area (Å²) in [5, 5.41) is 30.0. The van der Waals surface area contributed by atoms with Gasteiger partial charge < -0.3 is 10.4 Å². The van der Waals surface area contributed by atoms with Gasteiger partial charge in [0, 0.05) is 23.6 Å². The van der Waals surface area contributed by atoms with Crippen molar-refractivity contribution in [2.45, 2.75) is 38.1 Å². The van der Waals surface area contributed by atoms with Gasteiger partial charge >= 0.3 is 5.97 Å². The van der Waals surface area contributed by atoms with Crippen LogP contribution in [-0.2, 0) is 4.79 Å². The van der Waals surface area contributed by atoms with Crippen molar-refractivity contribution in [2.24, 2.45) is 5.92 Å². The van der Waals surface area contributed by atoms with Crippen LogP contribution >= 0.6 is 0 Å². The molecule has 9 nitrogen and oxygen atoms in total. The van der Waals surface area contributed by atoms with Crippen molar-refractivity contribution in [2.75, 3.05) is 0 Å². The van der Waals surface area contributed by atoms with E-state index in [4.69, 9.17) is 0 Å². The summed E-state index contributed by atoms with van der Waals surface area (Å²) in [5.74, 6) is -2.08. The first-order chi connectivity index (χ1) is 12.0. The van der Waals surface area contributed by atoms with Gasteiger partial charge in [-0.1, -0.05) is 19.3 Å². The lowest BCUT2D eigenvalue weighted by Gasteiger charge is -2.22. The molecule has 1 aromatic heterocycles. The second-order valence-corrected chi connectivity index (χ2v) is 6.22. The number of rotatable bonds is 4. The fraction of sp³-hybridized carbons (Fsp3) is 0.438. The molecule has 1 saturated carbocycles. The van der Waals surface area contributed by atoms with Crippen molar-refractivity contribution in [1.29, 1.82) is 0 Å². The van der Waals surface area contributed by atoms with Crippen LogP contribution in [0.1, 0.15) is 42.6 Å². The van der Waals surface area contributed by atoms with Crippen molar-refractivity contribution < 1.29 is 19.6 Å².